The molecule has 21 heavy (non-hydrogen) atoms. The number of morpholine rings is 1. The van der Waals surface area contributed by atoms with Crippen molar-refractivity contribution in [3.63, 3.8) is 0 Å². The summed E-state index contributed by atoms with van der Waals surface area (Å²) >= 11 is 9.93. The van der Waals surface area contributed by atoms with Gasteiger partial charge in [-0.1, -0.05) is 28.1 Å². The SMILES string of the molecule is O=C(C(Cl)c1ccc(Br)c2cccnc12)N1CCOCC1. The van der Waals surface area contributed by atoms with Crippen molar-refractivity contribution in [1.29, 1.82) is 0 Å². The number of aromatic nitrogens is 1. The smallest absolute Gasteiger partial charge is 0.245 e. The zero-order valence-corrected chi connectivity index (χ0v) is 13.6. The van der Waals surface area contributed by atoms with Crippen molar-refractivity contribution < 1.29 is 9.53 Å². The van der Waals surface area contributed by atoms with E-state index in [-0.39, 0.29) is 5.91 Å². The van der Waals surface area contributed by atoms with E-state index in [0.29, 0.717) is 26.3 Å². The summed E-state index contributed by atoms with van der Waals surface area (Å²) in [4.78, 5) is 18.7. The third-order valence-corrected chi connectivity index (χ3v) is 4.67. The molecule has 1 aliphatic heterocycles. The average Bonchev–Trinajstić information content (AvgIpc) is 2.55. The van der Waals surface area contributed by atoms with E-state index in [1.165, 1.54) is 0 Å². The van der Waals surface area contributed by atoms with Crippen LogP contribution in [0.5, 0.6) is 0 Å². The van der Waals surface area contributed by atoms with Crippen LogP contribution in [0.1, 0.15) is 10.9 Å². The first kappa shape index (κ1) is 14.8. The molecule has 0 saturated carbocycles. The van der Waals surface area contributed by atoms with Crippen LogP contribution in [0.2, 0.25) is 0 Å². The van der Waals surface area contributed by atoms with Crippen LogP contribution in [0.15, 0.2) is 34.9 Å². The van der Waals surface area contributed by atoms with Gasteiger partial charge in [0.25, 0.3) is 0 Å². The van der Waals surface area contributed by atoms with Crippen LogP contribution in [-0.2, 0) is 9.53 Å². The molecular formula is C15H14BrClN2O2. The van der Waals surface area contributed by atoms with Gasteiger partial charge in [0, 0.05) is 34.7 Å². The molecule has 1 atom stereocenters. The van der Waals surface area contributed by atoms with Crippen LogP contribution in [0.4, 0.5) is 0 Å². The largest absolute Gasteiger partial charge is 0.378 e. The number of amides is 1. The second-order valence-electron chi connectivity index (χ2n) is 4.84. The number of rotatable bonds is 2. The molecule has 1 amide bonds. The first-order valence-corrected chi connectivity index (χ1v) is 7.95. The monoisotopic (exact) mass is 368 g/mol. The maximum absolute atomic E-state index is 12.5. The maximum Gasteiger partial charge on any atom is 0.245 e. The van der Waals surface area contributed by atoms with Gasteiger partial charge in [-0.25, -0.2) is 0 Å². The number of hydrogen-bond donors (Lipinski definition) is 0. The highest BCUT2D eigenvalue weighted by Gasteiger charge is 2.27. The number of halogens is 2. The van der Waals surface area contributed by atoms with Gasteiger partial charge in [0.05, 0.1) is 18.7 Å². The lowest BCUT2D eigenvalue weighted by Crippen LogP contribution is -2.42. The Morgan fingerprint density at radius 3 is 2.86 bits per heavy atom. The lowest BCUT2D eigenvalue weighted by Gasteiger charge is -2.28. The lowest BCUT2D eigenvalue weighted by molar-refractivity contribution is -0.134. The fourth-order valence-corrected chi connectivity index (χ4v) is 3.21. The van der Waals surface area contributed by atoms with E-state index in [9.17, 15) is 4.79 Å². The molecule has 6 heteroatoms. The van der Waals surface area contributed by atoms with Gasteiger partial charge in [0.2, 0.25) is 5.91 Å². The Hall–Kier alpha value is -1.17. The molecule has 0 bridgehead atoms. The van der Waals surface area contributed by atoms with Crippen LogP contribution in [-0.4, -0.2) is 42.1 Å². The summed E-state index contributed by atoms with van der Waals surface area (Å²) in [6.07, 6.45) is 1.71. The van der Waals surface area contributed by atoms with Gasteiger partial charge in [-0.15, -0.1) is 11.6 Å². The Bertz CT molecular complexity index is 674. The molecule has 4 nitrogen and oxygen atoms in total. The molecule has 1 aromatic heterocycles. The average molecular weight is 370 g/mol. The van der Waals surface area contributed by atoms with E-state index in [1.807, 2.05) is 24.3 Å². The van der Waals surface area contributed by atoms with Gasteiger partial charge < -0.3 is 9.64 Å². The summed E-state index contributed by atoms with van der Waals surface area (Å²) in [7, 11) is 0. The highest BCUT2D eigenvalue weighted by molar-refractivity contribution is 9.10. The van der Waals surface area contributed by atoms with Gasteiger partial charge in [0.1, 0.15) is 5.38 Å². The Balaban J connectivity index is 1.96. The standard InChI is InChI=1S/C15H14BrClN2O2/c16-12-4-3-11(14-10(12)2-1-5-18-14)13(17)15(20)19-6-8-21-9-7-19/h1-5,13H,6-9H2. The third-order valence-electron chi connectivity index (χ3n) is 3.56. The maximum atomic E-state index is 12.5. The number of carbonyl (C=O) groups excluding carboxylic acids is 1. The first-order valence-electron chi connectivity index (χ1n) is 6.72. The second-order valence-corrected chi connectivity index (χ2v) is 6.13. The van der Waals surface area contributed by atoms with Gasteiger partial charge in [0.15, 0.2) is 0 Å². The van der Waals surface area contributed by atoms with Crippen molar-refractivity contribution in [1.82, 2.24) is 9.88 Å². The summed E-state index contributed by atoms with van der Waals surface area (Å²) in [6.45, 7) is 2.30. The van der Waals surface area contributed by atoms with E-state index in [4.69, 9.17) is 16.3 Å². The molecule has 0 aliphatic carbocycles. The number of fused-ring (bicyclic) bond motifs is 1. The van der Waals surface area contributed by atoms with Crippen molar-refractivity contribution in [2.24, 2.45) is 0 Å². The molecule has 110 valence electrons. The van der Waals surface area contributed by atoms with Gasteiger partial charge in [-0.3, -0.25) is 9.78 Å². The molecule has 1 unspecified atom stereocenters. The molecule has 3 rings (SSSR count). The topological polar surface area (TPSA) is 42.4 Å². The number of pyridine rings is 1. The number of alkyl halides is 1. The predicted octanol–water partition coefficient (Wildman–Crippen LogP) is 3.14. The van der Waals surface area contributed by atoms with Crippen molar-refractivity contribution >= 4 is 44.3 Å². The van der Waals surface area contributed by atoms with Crippen molar-refractivity contribution in [2.75, 3.05) is 26.3 Å². The van der Waals surface area contributed by atoms with Gasteiger partial charge in [-0.05, 0) is 12.1 Å². The van der Waals surface area contributed by atoms with E-state index < -0.39 is 5.38 Å². The molecule has 0 radical (unpaired) electrons. The van der Waals surface area contributed by atoms with Gasteiger partial charge in [-0.2, -0.15) is 0 Å². The molecular weight excluding hydrogens is 356 g/mol. The van der Waals surface area contributed by atoms with Crippen molar-refractivity contribution in [2.45, 2.75) is 5.38 Å². The van der Waals surface area contributed by atoms with E-state index in [1.54, 1.807) is 11.1 Å². The highest BCUT2D eigenvalue weighted by Crippen LogP contribution is 2.32. The first-order chi connectivity index (χ1) is 10.2. The molecule has 0 N–H and O–H groups in total. The Morgan fingerprint density at radius 2 is 2.10 bits per heavy atom. The van der Waals surface area contributed by atoms with E-state index in [2.05, 4.69) is 20.9 Å². The number of carbonyl (C=O) groups is 1. The third kappa shape index (κ3) is 2.91. The minimum Gasteiger partial charge on any atom is -0.378 e. The number of ether oxygens (including phenoxy) is 1. The van der Waals surface area contributed by atoms with Crippen LogP contribution < -0.4 is 0 Å². The molecule has 2 aromatic rings. The molecule has 1 aliphatic rings. The summed E-state index contributed by atoms with van der Waals surface area (Å²) in [5.74, 6) is -0.0887. The number of nitrogens with zero attached hydrogens (tertiary/aromatic N) is 2. The zero-order valence-electron chi connectivity index (χ0n) is 11.3. The molecule has 0 spiro atoms. The molecule has 1 aromatic carbocycles. The number of hydrogen-bond acceptors (Lipinski definition) is 3. The van der Waals surface area contributed by atoms with Crippen molar-refractivity contribution in [3.8, 4) is 0 Å². The summed E-state index contributed by atoms with van der Waals surface area (Å²) in [5.41, 5.74) is 1.50. The minimum atomic E-state index is -0.728. The summed E-state index contributed by atoms with van der Waals surface area (Å²) in [6, 6.07) is 7.58. The lowest BCUT2D eigenvalue weighted by atomic mass is 10.1. The summed E-state index contributed by atoms with van der Waals surface area (Å²) < 4.78 is 6.21. The number of benzene rings is 1. The fraction of sp³-hybridized carbons (Fsp3) is 0.333. The molecule has 2 heterocycles. The normalized spacial score (nSPS) is 17.0. The minimum absolute atomic E-state index is 0.0887. The van der Waals surface area contributed by atoms with Crippen LogP contribution in [0.25, 0.3) is 10.9 Å². The Morgan fingerprint density at radius 1 is 1.33 bits per heavy atom. The molecule has 1 fully saturated rings. The predicted molar refractivity (Wildman–Crippen MR) is 85.4 cm³/mol. The summed E-state index contributed by atoms with van der Waals surface area (Å²) in [5, 5.41) is 0.226. The second kappa shape index (κ2) is 6.30. The molecule has 1 saturated heterocycles. The van der Waals surface area contributed by atoms with E-state index in [0.717, 1.165) is 20.9 Å². The highest BCUT2D eigenvalue weighted by atomic mass is 79.9. The Kier molecular flexibility index (Phi) is 4.42. The van der Waals surface area contributed by atoms with Crippen LogP contribution in [0.3, 0.4) is 0 Å². The van der Waals surface area contributed by atoms with Crippen molar-refractivity contribution in [3.05, 3.63) is 40.5 Å². The zero-order chi connectivity index (χ0) is 14.8. The van der Waals surface area contributed by atoms with E-state index >= 15 is 0 Å². The Labute approximate surface area is 136 Å². The quantitative estimate of drug-likeness (QED) is 0.764. The van der Waals surface area contributed by atoms with Crippen LogP contribution >= 0.6 is 27.5 Å². The fourth-order valence-electron chi connectivity index (χ4n) is 2.44. The van der Waals surface area contributed by atoms with Gasteiger partial charge >= 0.3 is 0 Å². The van der Waals surface area contributed by atoms with Crippen LogP contribution in [0, 0.1) is 0 Å².